The van der Waals surface area contributed by atoms with Crippen LogP contribution in [0.5, 0.6) is 5.75 Å². The van der Waals surface area contributed by atoms with E-state index >= 15 is 0 Å². The lowest BCUT2D eigenvalue weighted by Crippen LogP contribution is -2.28. The van der Waals surface area contributed by atoms with Gasteiger partial charge in [0.05, 0.1) is 20.3 Å². The van der Waals surface area contributed by atoms with Crippen LogP contribution in [-0.2, 0) is 16.0 Å². The van der Waals surface area contributed by atoms with Crippen molar-refractivity contribution in [2.75, 3.05) is 20.3 Å². The average molecular weight is 328 g/mol. The summed E-state index contributed by atoms with van der Waals surface area (Å²) in [5.41, 5.74) is 2.43. The number of esters is 1. The topological polar surface area (TPSA) is 47.6 Å². The number of benzene rings is 1. The van der Waals surface area contributed by atoms with Crippen molar-refractivity contribution in [3.05, 3.63) is 27.7 Å². The van der Waals surface area contributed by atoms with Gasteiger partial charge in [-0.3, -0.25) is 10.1 Å². The van der Waals surface area contributed by atoms with Gasteiger partial charge in [0.1, 0.15) is 5.75 Å². The van der Waals surface area contributed by atoms with Crippen LogP contribution in [0, 0.1) is 0 Å². The van der Waals surface area contributed by atoms with Gasteiger partial charge < -0.3 is 9.47 Å². The second-order valence-corrected chi connectivity index (χ2v) is 5.37. The van der Waals surface area contributed by atoms with Crippen molar-refractivity contribution >= 4 is 21.9 Å². The largest absolute Gasteiger partial charge is 0.496 e. The molecule has 0 fully saturated rings. The molecule has 19 heavy (non-hydrogen) atoms. The zero-order valence-electron chi connectivity index (χ0n) is 11.2. The number of methoxy groups -OCH3 is 1. The molecular formula is C14H18BrNO3. The Kier molecular flexibility index (Phi) is 4.82. The normalized spacial score (nSPS) is 17.1. The molecule has 0 amide bonds. The van der Waals surface area contributed by atoms with Crippen molar-refractivity contribution in [1.82, 2.24) is 5.32 Å². The first-order valence-electron chi connectivity index (χ1n) is 6.41. The molecule has 104 valence electrons. The standard InChI is InChI=1S/C14H18BrNO3/c1-3-19-13(17)8-16-11-5-4-9-6-10(15)7-12(18-2)14(9)11/h6-7,11,16H,3-5,8H2,1-2H3. The number of aryl methyl sites for hydroxylation is 1. The lowest BCUT2D eigenvalue weighted by molar-refractivity contribution is -0.142. The first-order chi connectivity index (χ1) is 9.15. The lowest BCUT2D eigenvalue weighted by Gasteiger charge is -2.16. The molecule has 1 atom stereocenters. The Hall–Kier alpha value is -1.07. The summed E-state index contributed by atoms with van der Waals surface area (Å²) in [6.45, 7) is 2.46. The van der Waals surface area contributed by atoms with Crippen molar-refractivity contribution in [1.29, 1.82) is 0 Å². The highest BCUT2D eigenvalue weighted by molar-refractivity contribution is 9.10. The summed E-state index contributed by atoms with van der Waals surface area (Å²) in [6, 6.07) is 4.23. The Balaban J connectivity index is 2.10. The van der Waals surface area contributed by atoms with E-state index in [9.17, 15) is 4.79 Å². The van der Waals surface area contributed by atoms with E-state index < -0.39 is 0 Å². The summed E-state index contributed by atoms with van der Waals surface area (Å²) in [5.74, 6) is 0.648. The van der Waals surface area contributed by atoms with Gasteiger partial charge in [0.15, 0.2) is 0 Å². The predicted molar refractivity (Wildman–Crippen MR) is 76.4 cm³/mol. The highest BCUT2D eigenvalue weighted by atomic mass is 79.9. The molecule has 0 radical (unpaired) electrons. The minimum absolute atomic E-state index is 0.155. The van der Waals surface area contributed by atoms with Crippen LogP contribution < -0.4 is 10.1 Å². The maximum atomic E-state index is 11.4. The number of fused-ring (bicyclic) bond motifs is 1. The minimum atomic E-state index is -0.216. The molecule has 1 N–H and O–H groups in total. The van der Waals surface area contributed by atoms with Gasteiger partial charge in [0.25, 0.3) is 0 Å². The van der Waals surface area contributed by atoms with Crippen LogP contribution in [0.4, 0.5) is 0 Å². The predicted octanol–water partition coefficient (Wildman–Crippen LogP) is 2.60. The number of halogens is 1. The fourth-order valence-electron chi connectivity index (χ4n) is 2.49. The molecular weight excluding hydrogens is 310 g/mol. The number of carbonyl (C=O) groups excluding carboxylic acids is 1. The minimum Gasteiger partial charge on any atom is -0.496 e. The van der Waals surface area contributed by atoms with Gasteiger partial charge in [-0.15, -0.1) is 0 Å². The fourth-order valence-corrected chi connectivity index (χ4v) is 2.97. The quantitative estimate of drug-likeness (QED) is 0.844. The van der Waals surface area contributed by atoms with Gasteiger partial charge in [-0.25, -0.2) is 0 Å². The van der Waals surface area contributed by atoms with Crippen LogP contribution in [0.3, 0.4) is 0 Å². The maximum Gasteiger partial charge on any atom is 0.319 e. The molecule has 0 aromatic heterocycles. The molecule has 0 bridgehead atoms. The van der Waals surface area contributed by atoms with Crippen LogP contribution in [-0.4, -0.2) is 26.2 Å². The summed E-state index contributed by atoms with van der Waals surface area (Å²) in [4.78, 5) is 11.4. The summed E-state index contributed by atoms with van der Waals surface area (Å²) < 4.78 is 11.4. The lowest BCUT2D eigenvalue weighted by atomic mass is 10.1. The molecule has 0 aliphatic heterocycles. The Morgan fingerprint density at radius 3 is 3.00 bits per heavy atom. The van der Waals surface area contributed by atoms with Crippen LogP contribution in [0.1, 0.15) is 30.5 Å². The first-order valence-corrected chi connectivity index (χ1v) is 7.20. The molecule has 0 saturated heterocycles. The van der Waals surface area contributed by atoms with E-state index in [1.54, 1.807) is 7.11 Å². The van der Waals surface area contributed by atoms with Crippen LogP contribution >= 0.6 is 15.9 Å². The van der Waals surface area contributed by atoms with Gasteiger partial charge in [-0.2, -0.15) is 0 Å². The van der Waals surface area contributed by atoms with E-state index in [0.717, 1.165) is 28.6 Å². The number of hydrogen-bond donors (Lipinski definition) is 1. The molecule has 5 heteroatoms. The zero-order chi connectivity index (χ0) is 13.8. The van der Waals surface area contributed by atoms with E-state index in [1.165, 1.54) is 5.56 Å². The van der Waals surface area contributed by atoms with Crippen LogP contribution in [0.15, 0.2) is 16.6 Å². The smallest absolute Gasteiger partial charge is 0.319 e. The van der Waals surface area contributed by atoms with Crippen molar-refractivity contribution in [3.8, 4) is 5.75 Å². The zero-order valence-corrected chi connectivity index (χ0v) is 12.7. The van der Waals surface area contributed by atoms with Crippen LogP contribution in [0.2, 0.25) is 0 Å². The number of carbonyl (C=O) groups is 1. The molecule has 1 aromatic rings. The van der Waals surface area contributed by atoms with Crippen molar-refractivity contribution in [3.63, 3.8) is 0 Å². The fraction of sp³-hybridized carbons (Fsp3) is 0.500. The van der Waals surface area contributed by atoms with E-state index in [1.807, 2.05) is 13.0 Å². The molecule has 4 nitrogen and oxygen atoms in total. The molecule has 0 heterocycles. The third-order valence-corrected chi connectivity index (χ3v) is 3.72. The Morgan fingerprint density at radius 2 is 2.32 bits per heavy atom. The molecule has 1 aliphatic carbocycles. The van der Waals surface area contributed by atoms with Crippen molar-refractivity contribution in [2.24, 2.45) is 0 Å². The Bertz CT molecular complexity index is 476. The average Bonchev–Trinajstić information content (AvgIpc) is 2.78. The highest BCUT2D eigenvalue weighted by Crippen LogP contribution is 2.39. The van der Waals surface area contributed by atoms with Gasteiger partial charge in [0.2, 0.25) is 0 Å². The highest BCUT2D eigenvalue weighted by Gasteiger charge is 2.27. The molecule has 1 aromatic carbocycles. The number of ether oxygens (including phenoxy) is 2. The van der Waals surface area contributed by atoms with Gasteiger partial charge in [-0.1, -0.05) is 15.9 Å². The summed E-state index contributed by atoms with van der Waals surface area (Å²) in [6.07, 6.45) is 1.97. The number of rotatable bonds is 5. The number of nitrogens with one attached hydrogen (secondary N) is 1. The summed E-state index contributed by atoms with van der Waals surface area (Å²) >= 11 is 3.48. The van der Waals surface area contributed by atoms with E-state index in [-0.39, 0.29) is 18.6 Å². The third kappa shape index (κ3) is 3.28. The second-order valence-electron chi connectivity index (χ2n) is 4.46. The van der Waals surface area contributed by atoms with Gasteiger partial charge >= 0.3 is 5.97 Å². The van der Waals surface area contributed by atoms with Gasteiger partial charge in [-0.05, 0) is 37.5 Å². The van der Waals surface area contributed by atoms with Crippen molar-refractivity contribution < 1.29 is 14.3 Å². The Morgan fingerprint density at radius 1 is 1.53 bits per heavy atom. The monoisotopic (exact) mass is 327 g/mol. The van der Waals surface area contributed by atoms with E-state index in [2.05, 4.69) is 27.3 Å². The second kappa shape index (κ2) is 6.39. The maximum absolute atomic E-state index is 11.4. The van der Waals surface area contributed by atoms with E-state index in [4.69, 9.17) is 9.47 Å². The van der Waals surface area contributed by atoms with Crippen LogP contribution in [0.25, 0.3) is 0 Å². The van der Waals surface area contributed by atoms with Crippen molar-refractivity contribution in [2.45, 2.75) is 25.8 Å². The molecule has 1 aliphatic rings. The summed E-state index contributed by atoms with van der Waals surface area (Å²) in [5, 5.41) is 3.25. The van der Waals surface area contributed by atoms with Gasteiger partial charge in [0, 0.05) is 16.1 Å². The van der Waals surface area contributed by atoms with E-state index in [0.29, 0.717) is 6.61 Å². The first kappa shape index (κ1) is 14.3. The molecule has 0 saturated carbocycles. The number of hydrogen-bond acceptors (Lipinski definition) is 4. The molecule has 0 spiro atoms. The molecule has 2 rings (SSSR count). The molecule has 1 unspecified atom stereocenters. The third-order valence-electron chi connectivity index (χ3n) is 3.26. The summed E-state index contributed by atoms with van der Waals surface area (Å²) in [7, 11) is 1.67. The SMILES string of the molecule is CCOC(=O)CNC1CCc2cc(Br)cc(OC)c21. The Labute approximate surface area is 121 Å².